The second kappa shape index (κ2) is 30.5. The minimum atomic E-state index is -4.37. The Bertz CT molecular complexity index is 911. The third-order valence-corrected chi connectivity index (χ3v) is 11.4. The van der Waals surface area contributed by atoms with Crippen molar-refractivity contribution in [2.24, 2.45) is 5.92 Å². The zero-order chi connectivity index (χ0) is 38.6. The summed E-state index contributed by atoms with van der Waals surface area (Å²) >= 11 is 0. The Balaban J connectivity index is 0.00000174. The van der Waals surface area contributed by atoms with Gasteiger partial charge in [0.15, 0.2) is 6.29 Å². The summed E-state index contributed by atoms with van der Waals surface area (Å²) in [5, 5.41) is 39.4. The number of carbonyl (C=O) groups excluding carboxylic acids is 1. The van der Waals surface area contributed by atoms with Crippen LogP contribution in [-0.4, -0.2) is 106 Å². The van der Waals surface area contributed by atoms with E-state index < -0.39 is 69.5 Å². The van der Waals surface area contributed by atoms with Crippen molar-refractivity contribution in [3.05, 3.63) is 0 Å². The van der Waals surface area contributed by atoms with Crippen LogP contribution < -0.4 is 5.48 Å². The molecule has 0 spiro atoms. The summed E-state index contributed by atoms with van der Waals surface area (Å²) in [6.07, 6.45) is 14.9. The zero-order valence-corrected chi connectivity index (χ0v) is 33.9. The van der Waals surface area contributed by atoms with Crippen molar-refractivity contribution in [3.8, 4) is 0 Å². The van der Waals surface area contributed by atoms with Gasteiger partial charge in [0.25, 0.3) is 0 Å². The maximum atomic E-state index is 12.8. The number of rotatable bonds is 28. The Kier molecular flexibility index (Phi) is 28.9. The van der Waals surface area contributed by atoms with Crippen molar-refractivity contribution in [3.63, 3.8) is 0 Å². The number of phosphoric ester groups is 1. The lowest BCUT2D eigenvalue weighted by molar-refractivity contribution is -0.305. The fourth-order valence-electron chi connectivity index (χ4n) is 6.96. The van der Waals surface area contributed by atoms with Crippen molar-refractivity contribution in [2.45, 2.75) is 199 Å². The van der Waals surface area contributed by atoms with Crippen LogP contribution >= 0.6 is 7.82 Å². The second-order valence-corrected chi connectivity index (χ2v) is 15.8. The minimum absolute atomic E-state index is 0.108. The number of hydroxylamine groups is 1. The molecular weight excluding hydrogens is 691 g/mol. The standard InChI is InChI=1S/C32H62NO11P.C6H15N/c1-2-3-4-5-6-7-8-9-10-11-12-13-14-15-16-19-22-41-45(39,40)44-27-21-18-17-20-26(27)42-32-25(23-29(35)33-38)30(36)31(37)28(24-34)43-32;1-4-7(5-2)6-3/h25-28,30-32,34,36-38H,2-24H2,1H3,(H,33,35)(H,39,40);4-6H2,1-3H3/t25-,26-,27-,28-,30-,31-,32-;/m1./s1. The van der Waals surface area contributed by atoms with Crippen molar-refractivity contribution in [2.75, 3.05) is 32.8 Å². The molecule has 2 fully saturated rings. The van der Waals surface area contributed by atoms with Crippen LogP contribution in [0.5, 0.6) is 0 Å². The first-order valence-corrected chi connectivity index (χ1v) is 22.2. The Labute approximate surface area is 315 Å². The Morgan fingerprint density at radius 1 is 0.769 bits per heavy atom. The Morgan fingerprint density at radius 3 is 1.69 bits per heavy atom. The Morgan fingerprint density at radius 2 is 1.25 bits per heavy atom. The van der Waals surface area contributed by atoms with Gasteiger partial charge in [-0.05, 0) is 38.9 Å². The third kappa shape index (κ3) is 21.4. The van der Waals surface area contributed by atoms with E-state index in [2.05, 4.69) is 32.6 Å². The zero-order valence-electron chi connectivity index (χ0n) is 33.0. The van der Waals surface area contributed by atoms with Gasteiger partial charge in [-0.2, -0.15) is 0 Å². The van der Waals surface area contributed by atoms with Gasteiger partial charge >= 0.3 is 7.82 Å². The van der Waals surface area contributed by atoms with E-state index in [1.54, 1.807) is 0 Å². The molecule has 2 aliphatic rings. The molecular formula is C38H77N2O11P. The summed E-state index contributed by atoms with van der Waals surface area (Å²) in [6.45, 7) is 11.9. The van der Waals surface area contributed by atoms with Gasteiger partial charge < -0.3 is 34.6 Å². The number of hydrogen-bond donors (Lipinski definition) is 6. The lowest BCUT2D eigenvalue weighted by Crippen LogP contribution is -2.58. The molecule has 1 saturated heterocycles. The fourth-order valence-corrected chi connectivity index (χ4v) is 7.97. The molecule has 2 rings (SSSR count). The number of hydrogen-bond acceptors (Lipinski definition) is 11. The molecule has 52 heavy (non-hydrogen) atoms. The van der Waals surface area contributed by atoms with E-state index in [9.17, 15) is 29.6 Å². The molecule has 0 aromatic heterocycles. The normalized spacial score (nSPS) is 26.1. The number of unbranched alkanes of at least 4 members (excludes halogenated alkanes) is 15. The highest BCUT2D eigenvalue weighted by molar-refractivity contribution is 7.47. The van der Waals surface area contributed by atoms with Crippen LogP contribution in [0.15, 0.2) is 0 Å². The lowest BCUT2D eigenvalue weighted by atomic mass is 9.87. The fraction of sp³-hybridized carbons (Fsp3) is 0.974. The maximum Gasteiger partial charge on any atom is 0.472 e. The van der Waals surface area contributed by atoms with E-state index in [-0.39, 0.29) is 6.61 Å². The minimum Gasteiger partial charge on any atom is -0.394 e. The van der Waals surface area contributed by atoms with Gasteiger partial charge in [0.05, 0.1) is 31.5 Å². The average Bonchev–Trinajstić information content (AvgIpc) is 3.14. The van der Waals surface area contributed by atoms with Gasteiger partial charge in [-0.3, -0.25) is 19.0 Å². The molecule has 1 heterocycles. The Hall–Kier alpha value is -0.700. The molecule has 0 bridgehead atoms. The number of ether oxygens (including phenoxy) is 2. The molecule has 13 nitrogen and oxygen atoms in total. The summed E-state index contributed by atoms with van der Waals surface area (Å²) in [7, 11) is -4.37. The summed E-state index contributed by atoms with van der Waals surface area (Å²) < 4.78 is 35.3. The summed E-state index contributed by atoms with van der Waals surface area (Å²) in [6, 6.07) is 0. The van der Waals surface area contributed by atoms with Crippen LogP contribution in [-0.2, 0) is 27.9 Å². The van der Waals surface area contributed by atoms with E-state index in [0.717, 1.165) is 32.1 Å². The quantitative estimate of drug-likeness (QED) is 0.0207. The average molecular weight is 769 g/mol. The van der Waals surface area contributed by atoms with Crippen LogP contribution in [0, 0.1) is 5.92 Å². The number of nitrogens with one attached hydrogen (secondary N) is 1. The predicted molar refractivity (Wildman–Crippen MR) is 203 cm³/mol. The van der Waals surface area contributed by atoms with Gasteiger partial charge in [-0.25, -0.2) is 10.0 Å². The highest BCUT2D eigenvalue weighted by Crippen LogP contribution is 2.47. The van der Waals surface area contributed by atoms with Crippen LogP contribution in [0.1, 0.15) is 163 Å². The van der Waals surface area contributed by atoms with E-state index >= 15 is 0 Å². The predicted octanol–water partition coefficient (Wildman–Crippen LogP) is 7.01. The van der Waals surface area contributed by atoms with E-state index in [1.807, 2.05) is 0 Å². The highest BCUT2D eigenvalue weighted by Gasteiger charge is 2.47. The van der Waals surface area contributed by atoms with Crippen molar-refractivity contribution in [1.29, 1.82) is 0 Å². The van der Waals surface area contributed by atoms with E-state index in [1.165, 1.54) is 102 Å². The van der Waals surface area contributed by atoms with Crippen LogP contribution in [0.2, 0.25) is 0 Å². The SMILES string of the molecule is CCCCCCCCCCCCCCCCCCOP(=O)(O)O[C@@H]1CCCC[C@H]1O[C@@H]1O[C@H](CO)[C@@H](O)[C@H](O)[C@H]1CC(=O)NO.CCN(CC)CC. The molecule has 0 aromatic carbocycles. The summed E-state index contributed by atoms with van der Waals surface area (Å²) in [5.74, 6) is -1.88. The van der Waals surface area contributed by atoms with Crippen LogP contribution in [0.4, 0.5) is 0 Å². The third-order valence-electron chi connectivity index (χ3n) is 10.4. The van der Waals surface area contributed by atoms with Crippen LogP contribution in [0.3, 0.4) is 0 Å². The van der Waals surface area contributed by atoms with Crippen molar-refractivity contribution < 1.29 is 53.3 Å². The molecule has 0 aromatic rings. The first-order valence-electron chi connectivity index (χ1n) is 20.7. The monoisotopic (exact) mass is 769 g/mol. The molecule has 0 radical (unpaired) electrons. The first kappa shape index (κ1) is 49.3. The summed E-state index contributed by atoms with van der Waals surface area (Å²) in [4.78, 5) is 24.6. The first-order chi connectivity index (χ1) is 25.1. The second-order valence-electron chi connectivity index (χ2n) is 14.4. The van der Waals surface area contributed by atoms with E-state index in [4.69, 9.17) is 23.7 Å². The molecule has 1 aliphatic heterocycles. The van der Waals surface area contributed by atoms with Gasteiger partial charge in [-0.1, -0.05) is 137 Å². The van der Waals surface area contributed by atoms with E-state index in [0.29, 0.717) is 19.3 Å². The summed E-state index contributed by atoms with van der Waals surface area (Å²) in [5.41, 5.74) is 1.49. The molecule has 14 heteroatoms. The number of carbonyl (C=O) groups is 1. The maximum absolute atomic E-state index is 12.8. The van der Waals surface area contributed by atoms with Gasteiger partial charge in [0.2, 0.25) is 5.91 Å². The molecule has 310 valence electrons. The highest BCUT2D eigenvalue weighted by atomic mass is 31.2. The number of nitrogens with zero attached hydrogens (tertiary/aromatic N) is 1. The number of aliphatic hydroxyl groups excluding tert-OH is 3. The molecule has 1 aliphatic carbocycles. The molecule has 6 N–H and O–H groups in total. The van der Waals surface area contributed by atoms with Gasteiger partial charge in [0, 0.05) is 12.3 Å². The number of aliphatic hydroxyl groups is 3. The van der Waals surface area contributed by atoms with Crippen molar-refractivity contribution in [1.82, 2.24) is 10.4 Å². The smallest absolute Gasteiger partial charge is 0.394 e. The topological polar surface area (TPSA) is 187 Å². The van der Waals surface area contributed by atoms with Gasteiger partial charge in [0.1, 0.15) is 12.2 Å². The van der Waals surface area contributed by atoms with Crippen molar-refractivity contribution >= 4 is 13.7 Å². The van der Waals surface area contributed by atoms with Gasteiger partial charge in [-0.15, -0.1) is 0 Å². The molecule has 8 atom stereocenters. The number of phosphoric acid groups is 1. The van der Waals surface area contributed by atoms with Crippen LogP contribution in [0.25, 0.3) is 0 Å². The molecule has 1 saturated carbocycles. The largest absolute Gasteiger partial charge is 0.472 e. The number of amides is 1. The molecule has 1 amide bonds. The molecule has 1 unspecified atom stereocenters. The lowest BCUT2D eigenvalue weighted by Gasteiger charge is -2.44.